The van der Waals surface area contributed by atoms with Crippen molar-refractivity contribution >= 4 is 22.8 Å². The molecule has 0 atom stereocenters. The number of fused-ring (bicyclic) bond motifs is 1. The molecule has 5 heteroatoms. The van der Waals surface area contributed by atoms with Crippen molar-refractivity contribution in [2.45, 2.75) is 13.8 Å². The van der Waals surface area contributed by atoms with Crippen molar-refractivity contribution in [2.75, 3.05) is 20.2 Å². The molecule has 5 nitrogen and oxygen atoms in total. The van der Waals surface area contributed by atoms with Crippen molar-refractivity contribution in [2.24, 2.45) is 0 Å². The minimum absolute atomic E-state index is 0.365. The number of esters is 1. The molecule has 0 unspecified atom stereocenters. The zero-order valence-corrected chi connectivity index (χ0v) is 13.0. The zero-order chi connectivity index (χ0) is 16.1. The Balaban J connectivity index is 2.24. The van der Waals surface area contributed by atoms with Gasteiger partial charge < -0.3 is 14.4 Å². The third-order valence-corrected chi connectivity index (χ3v) is 3.46. The molecule has 2 rings (SSSR count). The van der Waals surface area contributed by atoms with Gasteiger partial charge in [0.15, 0.2) is 0 Å². The van der Waals surface area contributed by atoms with Gasteiger partial charge in [-0.15, -0.1) is 0 Å². The summed E-state index contributed by atoms with van der Waals surface area (Å²) in [6, 6.07) is 10.5. The first-order valence-corrected chi connectivity index (χ1v) is 7.18. The van der Waals surface area contributed by atoms with Gasteiger partial charge in [-0.3, -0.25) is 0 Å². The van der Waals surface area contributed by atoms with E-state index < -0.39 is 0 Å². The van der Waals surface area contributed by atoms with Crippen LogP contribution in [0.1, 0.15) is 24.2 Å². The van der Waals surface area contributed by atoms with Crippen molar-refractivity contribution < 1.29 is 19.1 Å². The third-order valence-electron chi connectivity index (χ3n) is 3.46. The number of methoxy groups -OCH3 is 1. The highest BCUT2D eigenvalue weighted by Gasteiger charge is 2.12. The summed E-state index contributed by atoms with van der Waals surface area (Å²) < 4.78 is 10.1. The quantitative estimate of drug-likeness (QED) is 0.811. The summed E-state index contributed by atoms with van der Waals surface area (Å²) in [5.74, 6) is 0.106. The van der Waals surface area contributed by atoms with E-state index in [1.807, 2.05) is 19.9 Å². The lowest BCUT2D eigenvalue weighted by atomic mass is 10.1. The maximum absolute atomic E-state index is 11.9. The molecule has 0 bridgehead atoms. The number of amides is 1. The van der Waals surface area contributed by atoms with Crippen molar-refractivity contribution in [3.63, 3.8) is 0 Å². The molecular weight excluding hydrogens is 282 g/mol. The normalized spacial score (nSPS) is 10.3. The van der Waals surface area contributed by atoms with E-state index in [1.54, 1.807) is 35.2 Å². The number of carbonyl (C=O) groups is 2. The van der Waals surface area contributed by atoms with E-state index in [0.717, 1.165) is 10.8 Å². The van der Waals surface area contributed by atoms with Crippen molar-refractivity contribution in [3.05, 3.63) is 42.0 Å². The molecule has 1 amide bonds. The van der Waals surface area contributed by atoms with Gasteiger partial charge in [0, 0.05) is 13.1 Å². The summed E-state index contributed by atoms with van der Waals surface area (Å²) in [5.41, 5.74) is 0.489. The molecule has 2 aromatic carbocycles. The molecule has 0 fully saturated rings. The Labute approximate surface area is 129 Å². The molecule has 0 aromatic heterocycles. The van der Waals surface area contributed by atoms with E-state index in [9.17, 15) is 9.59 Å². The summed E-state index contributed by atoms with van der Waals surface area (Å²) >= 11 is 0. The zero-order valence-electron chi connectivity index (χ0n) is 13.0. The maximum Gasteiger partial charge on any atom is 0.415 e. The second-order valence-corrected chi connectivity index (χ2v) is 4.76. The Morgan fingerprint density at radius 3 is 2.27 bits per heavy atom. The maximum atomic E-state index is 11.9. The Bertz CT molecular complexity index is 692. The third kappa shape index (κ3) is 3.36. The van der Waals surface area contributed by atoms with Crippen molar-refractivity contribution in [1.82, 2.24) is 4.90 Å². The number of benzene rings is 2. The van der Waals surface area contributed by atoms with E-state index in [4.69, 9.17) is 9.47 Å². The van der Waals surface area contributed by atoms with Crippen LogP contribution in [0.4, 0.5) is 4.79 Å². The molecule has 0 N–H and O–H groups in total. The van der Waals surface area contributed by atoms with Gasteiger partial charge in [-0.05, 0) is 48.9 Å². The summed E-state index contributed by atoms with van der Waals surface area (Å²) in [6.45, 7) is 5.01. The van der Waals surface area contributed by atoms with Crippen molar-refractivity contribution in [1.29, 1.82) is 0 Å². The monoisotopic (exact) mass is 301 g/mol. The minimum Gasteiger partial charge on any atom is -0.465 e. The van der Waals surface area contributed by atoms with Gasteiger partial charge in [-0.25, -0.2) is 9.59 Å². The summed E-state index contributed by atoms with van der Waals surface area (Å²) in [4.78, 5) is 25.1. The minimum atomic E-state index is -0.376. The molecule has 22 heavy (non-hydrogen) atoms. The molecule has 0 spiro atoms. The van der Waals surface area contributed by atoms with Gasteiger partial charge in [0.05, 0.1) is 12.7 Å². The Morgan fingerprint density at radius 2 is 1.64 bits per heavy atom. The average molecular weight is 301 g/mol. The first kappa shape index (κ1) is 15.8. The SMILES string of the molecule is CCN(CC)C(=O)Oc1ccc2cc(C(=O)OC)ccc2c1. The summed E-state index contributed by atoms with van der Waals surface area (Å²) in [6.07, 6.45) is -0.365. The van der Waals surface area contributed by atoms with Crippen LogP contribution in [0.2, 0.25) is 0 Å². The molecule has 0 saturated carbocycles. The van der Waals surface area contributed by atoms with Gasteiger partial charge in [-0.2, -0.15) is 0 Å². The number of nitrogens with zero attached hydrogens (tertiary/aromatic N) is 1. The lowest BCUT2D eigenvalue weighted by Gasteiger charge is -2.18. The molecular formula is C17H19NO4. The summed E-state index contributed by atoms with van der Waals surface area (Å²) in [7, 11) is 1.35. The van der Waals surface area contributed by atoms with Gasteiger partial charge in [0.1, 0.15) is 5.75 Å². The van der Waals surface area contributed by atoms with Crippen LogP contribution in [0.3, 0.4) is 0 Å². The lowest BCUT2D eigenvalue weighted by Crippen LogP contribution is -2.33. The fourth-order valence-electron chi connectivity index (χ4n) is 2.18. The van der Waals surface area contributed by atoms with E-state index >= 15 is 0 Å². The molecule has 116 valence electrons. The highest BCUT2D eigenvalue weighted by atomic mass is 16.6. The first-order valence-electron chi connectivity index (χ1n) is 7.18. The van der Waals surface area contributed by atoms with Crippen LogP contribution >= 0.6 is 0 Å². The van der Waals surface area contributed by atoms with Crippen LogP contribution in [0.5, 0.6) is 5.75 Å². The van der Waals surface area contributed by atoms with Crippen LogP contribution in [0, 0.1) is 0 Å². The van der Waals surface area contributed by atoms with Gasteiger partial charge >= 0.3 is 12.1 Å². The second kappa shape index (κ2) is 6.93. The predicted molar refractivity (Wildman–Crippen MR) is 84.2 cm³/mol. The van der Waals surface area contributed by atoms with Crippen LogP contribution in [0.15, 0.2) is 36.4 Å². The molecule has 0 aliphatic rings. The van der Waals surface area contributed by atoms with Crippen LogP contribution in [0.25, 0.3) is 10.8 Å². The van der Waals surface area contributed by atoms with E-state index in [0.29, 0.717) is 24.4 Å². The van der Waals surface area contributed by atoms with Gasteiger partial charge in [0.2, 0.25) is 0 Å². The number of carbonyl (C=O) groups excluding carboxylic acids is 2. The highest BCUT2D eigenvalue weighted by molar-refractivity contribution is 5.95. The fraction of sp³-hybridized carbons (Fsp3) is 0.294. The Kier molecular flexibility index (Phi) is 4.99. The second-order valence-electron chi connectivity index (χ2n) is 4.76. The first-order chi connectivity index (χ1) is 10.6. The van der Waals surface area contributed by atoms with Gasteiger partial charge in [0.25, 0.3) is 0 Å². The molecule has 0 saturated heterocycles. The van der Waals surface area contributed by atoms with Crippen molar-refractivity contribution in [3.8, 4) is 5.75 Å². The fourth-order valence-corrected chi connectivity index (χ4v) is 2.18. The Hall–Kier alpha value is -2.56. The number of ether oxygens (including phenoxy) is 2. The van der Waals surface area contributed by atoms with E-state index in [1.165, 1.54) is 7.11 Å². The van der Waals surface area contributed by atoms with Gasteiger partial charge in [-0.1, -0.05) is 12.1 Å². The van der Waals surface area contributed by atoms with Crippen LogP contribution in [-0.2, 0) is 4.74 Å². The van der Waals surface area contributed by atoms with Crippen LogP contribution in [-0.4, -0.2) is 37.2 Å². The lowest BCUT2D eigenvalue weighted by molar-refractivity contribution is 0.0601. The predicted octanol–water partition coefficient (Wildman–Crippen LogP) is 3.47. The van der Waals surface area contributed by atoms with E-state index in [2.05, 4.69) is 0 Å². The summed E-state index contributed by atoms with van der Waals surface area (Å²) in [5, 5.41) is 1.77. The molecule has 0 radical (unpaired) electrons. The molecule has 0 aliphatic heterocycles. The average Bonchev–Trinajstić information content (AvgIpc) is 2.54. The number of hydrogen-bond acceptors (Lipinski definition) is 4. The number of rotatable bonds is 4. The largest absolute Gasteiger partial charge is 0.465 e. The van der Waals surface area contributed by atoms with E-state index in [-0.39, 0.29) is 12.1 Å². The molecule has 0 aliphatic carbocycles. The topological polar surface area (TPSA) is 55.8 Å². The molecule has 0 heterocycles. The Morgan fingerprint density at radius 1 is 1.00 bits per heavy atom. The number of hydrogen-bond donors (Lipinski definition) is 0. The smallest absolute Gasteiger partial charge is 0.415 e. The molecule has 2 aromatic rings. The highest BCUT2D eigenvalue weighted by Crippen LogP contribution is 2.23. The standard InChI is InChI=1S/C17H19NO4/c1-4-18(5-2)17(20)22-15-9-8-12-10-14(16(19)21-3)7-6-13(12)11-15/h6-11H,4-5H2,1-3H3. The van der Waals surface area contributed by atoms with Crippen LogP contribution < -0.4 is 4.74 Å².